The van der Waals surface area contributed by atoms with E-state index in [1.807, 2.05) is 0 Å². The summed E-state index contributed by atoms with van der Waals surface area (Å²) in [5.74, 6) is -1.46. The van der Waals surface area contributed by atoms with Gasteiger partial charge >= 0.3 is 0 Å². The van der Waals surface area contributed by atoms with Crippen LogP contribution in [0, 0.1) is 18.8 Å². The van der Waals surface area contributed by atoms with E-state index in [0.29, 0.717) is 5.75 Å². The minimum absolute atomic E-state index is 0.0430. The van der Waals surface area contributed by atoms with Gasteiger partial charge in [0.25, 0.3) is 0 Å². The Balaban J connectivity index is 4.68. The molecule has 0 heterocycles. The highest BCUT2D eigenvalue weighted by atomic mass is 32.1. The summed E-state index contributed by atoms with van der Waals surface area (Å²) in [6, 6.07) is 0. The first-order valence-corrected chi connectivity index (χ1v) is 7.12. The molecule has 0 aromatic rings. The van der Waals surface area contributed by atoms with Crippen LogP contribution in [0.3, 0.4) is 0 Å². The molecule has 4 nitrogen and oxygen atoms in total. The normalized spacial score (nSPS) is 13.3. The van der Waals surface area contributed by atoms with Gasteiger partial charge in [-0.1, -0.05) is 24.4 Å². The summed E-state index contributed by atoms with van der Waals surface area (Å²) in [7, 11) is 0. The number of carbonyl (C=O) groups excluding carboxylic acids is 2. The van der Waals surface area contributed by atoms with Crippen molar-refractivity contribution in [2.45, 2.75) is 6.42 Å². The van der Waals surface area contributed by atoms with E-state index in [1.165, 1.54) is 0 Å². The Bertz CT molecular complexity index is 361. The van der Waals surface area contributed by atoms with Crippen molar-refractivity contribution in [2.24, 2.45) is 11.8 Å². The Labute approximate surface area is 133 Å². The molecule has 0 bridgehead atoms. The Morgan fingerprint density at radius 3 is 2.06 bits per heavy atom. The average Bonchev–Trinajstić information content (AvgIpc) is 2.22. The first-order valence-electron chi connectivity index (χ1n) is 4.78. The third kappa shape index (κ3) is 7.57. The van der Waals surface area contributed by atoms with Crippen LogP contribution in [0.15, 0.2) is 0 Å². The predicted octanol–water partition coefficient (Wildman–Crippen LogP) is 1.03. The zero-order valence-corrected chi connectivity index (χ0v) is 13.6. The van der Waals surface area contributed by atoms with E-state index in [4.69, 9.17) is 0 Å². The molecule has 0 aromatic heterocycles. The SMILES string of the molecule is [CH2]C(CS)C(CC(=O)NC(=S)S)C(=O)NC(=S)S. The number of thiol groups is 3. The first kappa shape index (κ1) is 18.2. The maximum Gasteiger partial charge on any atom is 0.229 e. The highest BCUT2D eigenvalue weighted by Crippen LogP contribution is 2.17. The summed E-state index contributed by atoms with van der Waals surface area (Å²) < 4.78 is 0.0943. The smallest absolute Gasteiger partial charge is 0.229 e. The molecule has 0 aromatic carbocycles. The van der Waals surface area contributed by atoms with Gasteiger partial charge in [-0.3, -0.25) is 9.59 Å². The number of carbonyl (C=O) groups is 2. The number of thiocarbonyl (C=S) groups is 2. The number of hydrogen-bond donors (Lipinski definition) is 5. The van der Waals surface area contributed by atoms with Crippen molar-refractivity contribution in [3.63, 3.8) is 0 Å². The molecule has 0 fully saturated rings. The van der Waals surface area contributed by atoms with E-state index in [1.54, 1.807) is 0 Å². The van der Waals surface area contributed by atoms with Crippen molar-refractivity contribution in [3.8, 4) is 0 Å². The molecule has 0 aliphatic rings. The van der Waals surface area contributed by atoms with E-state index >= 15 is 0 Å². The summed E-state index contributed by atoms with van der Waals surface area (Å²) >= 11 is 20.9. The summed E-state index contributed by atoms with van der Waals surface area (Å²) in [5.41, 5.74) is 0. The van der Waals surface area contributed by atoms with Crippen LogP contribution < -0.4 is 10.6 Å². The second-order valence-electron chi connectivity index (χ2n) is 3.40. The molecule has 2 unspecified atom stereocenters. The van der Waals surface area contributed by atoms with E-state index in [-0.39, 0.29) is 21.0 Å². The highest BCUT2D eigenvalue weighted by Gasteiger charge is 2.27. The third-order valence-corrected chi connectivity index (χ3v) is 2.92. The van der Waals surface area contributed by atoms with Crippen LogP contribution in [0.4, 0.5) is 0 Å². The fourth-order valence-corrected chi connectivity index (χ4v) is 1.87. The highest BCUT2D eigenvalue weighted by molar-refractivity contribution is 8.11. The molecular weight excluding hydrogens is 328 g/mol. The van der Waals surface area contributed by atoms with Gasteiger partial charge in [-0.25, -0.2) is 0 Å². The van der Waals surface area contributed by atoms with Gasteiger partial charge in [0, 0.05) is 6.42 Å². The number of rotatable bonds is 5. The van der Waals surface area contributed by atoms with Crippen LogP contribution in [-0.4, -0.2) is 26.2 Å². The molecule has 1 radical (unpaired) electrons. The van der Waals surface area contributed by atoms with Gasteiger partial charge in [-0.2, -0.15) is 12.6 Å². The first-order chi connectivity index (χ1) is 8.27. The van der Waals surface area contributed by atoms with Crippen molar-refractivity contribution in [1.82, 2.24) is 10.6 Å². The standard InChI is InChI=1S/C9H13N2O2S5/c1-4(3-14)5(7(13)11-9(17)18)2-6(12)10-8(15)16/h4-5,14H,1-3H2,(H2,10,12,15,16)(H2,11,13,17,18). The van der Waals surface area contributed by atoms with Crippen molar-refractivity contribution in [3.05, 3.63) is 6.92 Å². The summed E-state index contributed by atoms with van der Waals surface area (Å²) in [4.78, 5) is 23.4. The molecule has 0 aliphatic carbocycles. The summed E-state index contributed by atoms with van der Waals surface area (Å²) in [6.07, 6.45) is -0.0718. The Kier molecular flexibility index (Phi) is 9.22. The molecular formula is C9H13N2O2S5. The average molecular weight is 342 g/mol. The molecule has 0 aliphatic heterocycles. The zero-order valence-electron chi connectivity index (χ0n) is 9.25. The lowest BCUT2D eigenvalue weighted by Crippen LogP contribution is -2.39. The summed E-state index contributed by atoms with van der Waals surface area (Å²) in [6.45, 7) is 3.78. The van der Waals surface area contributed by atoms with Gasteiger partial charge in [0.1, 0.15) is 8.64 Å². The van der Waals surface area contributed by atoms with E-state index in [0.717, 1.165) is 0 Å². The van der Waals surface area contributed by atoms with Gasteiger partial charge in [0.15, 0.2) is 0 Å². The van der Waals surface area contributed by atoms with E-state index in [9.17, 15) is 9.59 Å². The van der Waals surface area contributed by atoms with Crippen molar-refractivity contribution < 1.29 is 9.59 Å². The predicted molar refractivity (Wildman–Crippen MR) is 90.3 cm³/mol. The Morgan fingerprint density at radius 1 is 1.17 bits per heavy atom. The molecule has 0 saturated heterocycles. The Hall–Kier alpha value is 0.170. The van der Waals surface area contributed by atoms with Crippen molar-refractivity contribution >= 4 is 82.8 Å². The second kappa shape index (κ2) is 9.13. The molecule has 0 saturated carbocycles. The molecule has 0 spiro atoms. The van der Waals surface area contributed by atoms with Gasteiger partial charge in [-0.15, -0.1) is 25.3 Å². The lowest BCUT2D eigenvalue weighted by atomic mass is 9.91. The van der Waals surface area contributed by atoms with E-state index in [2.05, 4.69) is 79.9 Å². The largest absolute Gasteiger partial charge is 0.312 e. The summed E-state index contributed by atoms with van der Waals surface area (Å²) in [5, 5.41) is 4.70. The zero-order chi connectivity index (χ0) is 14.3. The molecule has 101 valence electrons. The van der Waals surface area contributed by atoms with Crippen LogP contribution in [0.1, 0.15) is 6.42 Å². The molecule has 2 N–H and O–H groups in total. The molecule has 2 amide bonds. The van der Waals surface area contributed by atoms with Crippen LogP contribution in [0.5, 0.6) is 0 Å². The van der Waals surface area contributed by atoms with Crippen molar-refractivity contribution in [2.75, 3.05) is 5.75 Å². The van der Waals surface area contributed by atoms with E-state index < -0.39 is 17.7 Å². The number of hydrogen-bond acceptors (Lipinski definition) is 5. The van der Waals surface area contributed by atoms with Crippen LogP contribution in [0.2, 0.25) is 0 Å². The van der Waals surface area contributed by atoms with Crippen molar-refractivity contribution in [1.29, 1.82) is 0 Å². The minimum atomic E-state index is -0.657. The van der Waals surface area contributed by atoms with Crippen LogP contribution in [0.25, 0.3) is 0 Å². The maximum absolute atomic E-state index is 11.8. The van der Waals surface area contributed by atoms with Gasteiger partial charge in [0.05, 0.1) is 5.92 Å². The van der Waals surface area contributed by atoms with Gasteiger partial charge in [-0.05, 0) is 18.6 Å². The monoisotopic (exact) mass is 341 g/mol. The van der Waals surface area contributed by atoms with Gasteiger partial charge < -0.3 is 10.6 Å². The van der Waals surface area contributed by atoms with Crippen LogP contribution in [-0.2, 0) is 9.59 Å². The van der Waals surface area contributed by atoms with Crippen LogP contribution >= 0.6 is 62.3 Å². The van der Waals surface area contributed by atoms with Gasteiger partial charge in [0.2, 0.25) is 11.8 Å². The lowest BCUT2D eigenvalue weighted by Gasteiger charge is -2.20. The maximum atomic E-state index is 11.8. The Morgan fingerprint density at radius 2 is 1.67 bits per heavy atom. The minimum Gasteiger partial charge on any atom is -0.312 e. The number of amides is 2. The fourth-order valence-electron chi connectivity index (χ4n) is 1.17. The third-order valence-electron chi connectivity index (χ3n) is 2.02. The molecule has 9 heteroatoms. The molecule has 0 rings (SSSR count). The second-order valence-corrected chi connectivity index (χ2v) is 6.08. The quantitative estimate of drug-likeness (QED) is 0.383. The fraction of sp³-hybridized carbons (Fsp3) is 0.444. The lowest BCUT2D eigenvalue weighted by molar-refractivity contribution is -0.129. The number of nitrogens with one attached hydrogen (secondary N) is 2. The topological polar surface area (TPSA) is 58.2 Å². The molecule has 2 atom stereocenters. The molecule has 18 heavy (non-hydrogen) atoms.